The molecule has 0 unspecified atom stereocenters. The fraction of sp³-hybridized carbons (Fsp3) is 0.500. The summed E-state index contributed by atoms with van der Waals surface area (Å²) in [6.45, 7) is 1.70. The molecule has 2 heteroatoms. The van der Waals surface area contributed by atoms with E-state index in [9.17, 15) is 0 Å². The van der Waals surface area contributed by atoms with E-state index in [-0.39, 0.29) is 20.7 Å². The molecule has 0 aromatic rings. The van der Waals surface area contributed by atoms with Crippen molar-refractivity contribution in [3.8, 4) is 0 Å². The Morgan fingerprint density at radius 1 is 1.88 bits per heavy atom. The van der Waals surface area contributed by atoms with E-state index >= 15 is 0 Å². The molecule has 0 saturated heterocycles. The maximum atomic E-state index is 8.63. The first-order valence-corrected chi connectivity index (χ1v) is 5.51. The lowest BCUT2D eigenvalue weighted by Crippen LogP contribution is -1.72. The highest BCUT2D eigenvalue weighted by molar-refractivity contribution is 14.2. The van der Waals surface area contributed by atoms with E-state index in [1.807, 2.05) is 6.08 Å². The largest absolute Gasteiger partial charge is 0.513 e. The first kappa shape index (κ1) is 8.14. The van der Waals surface area contributed by atoms with Crippen molar-refractivity contribution in [1.82, 2.24) is 0 Å². The molecule has 0 rings (SSSR count). The van der Waals surface area contributed by atoms with Crippen LogP contribution in [-0.4, -0.2) is 14.0 Å². The van der Waals surface area contributed by atoms with Crippen molar-refractivity contribution in [2.45, 2.75) is 13.3 Å². The first-order valence-electron chi connectivity index (χ1n) is 2.46. The molecule has 0 saturated carbocycles. The van der Waals surface area contributed by atoms with Gasteiger partial charge in [0, 0.05) is 0 Å². The van der Waals surface area contributed by atoms with Crippen LogP contribution in [0.1, 0.15) is 13.3 Å². The van der Waals surface area contributed by atoms with E-state index in [4.69, 9.17) is 5.11 Å². The summed E-state index contributed by atoms with van der Waals surface area (Å²) in [6.07, 6.45) is 2.84. The molecule has 0 bridgehead atoms. The number of rotatable bonds is 3. The first-order chi connectivity index (χ1) is 3.77. The summed E-state index contributed by atoms with van der Waals surface area (Å²) in [5, 5.41) is 8.63. The van der Waals surface area contributed by atoms with Gasteiger partial charge >= 0.3 is 0 Å². The number of aliphatic hydroxyl groups excluding tert-OH is 1. The molecule has 0 aromatic carbocycles. The van der Waals surface area contributed by atoms with Gasteiger partial charge in [0.15, 0.2) is 0 Å². The van der Waals surface area contributed by atoms with Gasteiger partial charge in [0.2, 0.25) is 0 Å². The highest BCUT2D eigenvalue weighted by Gasteiger charge is 1.77. The lowest BCUT2D eigenvalue weighted by molar-refractivity contribution is 0.412. The van der Waals surface area contributed by atoms with Crippen LogP contribution < -0.4 is 0 Å². The molecule has 0 heterocycles. The highest BCUT2D eigenvalue weighted by atomic mass is 127. The summed E-state index contributed by atoms with van der Waals surface area (Å²) in [6, 6.07) is 0. The lowest BCUT2D eigenvalue weighted by atomic mass is 10.4. The van der Waals surface area contributed by atoms with Gasteiger partial charge in [-0.1, -0.05) is 4.51 Å². The molecule has 48 valence electrons. The van der Waals surface area contributed by atoms with Gasteiger partial charge in [0.1, 0.15) is 0 Å². The van der Waals surface area contributed by atoms with E-state index < -0.39 is 0 Å². The lowest BCUT2D eigenvalue weighted by Gasteiger charge is -1.85. The van der Waals surface area contributed by atoms with E-state index in [1.54, 1.807) is 6.92 Å². The van der Waals surface area contributed by atoms with Gasteiger partial charge < -0.3 is 5.11 Å². The van der Waals surface area contributed by atoms with Crippen molar-refractivity contribution >= 4 is 25.2 Å². The maximum Gasteiger partial charge on any atom is 0.0852 e. The molecular weight excluding hydrogens is 215 g/mol. The van der Waals surface area contributed by atoms with Gasteiger partial charge in [-0.15, -0.1) is 20.7 Å². The third-order valence-electron chi connectivity index (χ3n) is 0.682. The Bertz CT molecular complexity index is 92.7. The van der Waals surface area contributed by atoms with Crippen LogP contribution in [0.4, 0.5) is 0 Å². The smallest absolute Gasteiger partial charge is 0.0852 e. The Kier molecular flexibility index (Phi) is 5.37. The molecule has 1 nitrogen and oxygen atoms in total. The van der Waals surface area contributed by atoms with Crippen LogP contribution in [0.15, 0.2) is 11.8 Å². The van der Waals surface area contributed by atoms with Gasteiger partial charge in [0.25, 0.3) is 0 Å². The molecule has 1 N–H and O–H groups in total. The molecule has 0 aliphatic carbocycles. The zero-order valence-corrected chi connectivity index (χ0v) is 7.18. The average molecular weight is 226 g/mol. The van der Waals surface area contributed by atoms with Crippen molar-refractivity contribution < 1.29 is 5.11 Å². The van der Waals surface area contributed by atoms with Crippen LogP contribution in [0.3, 0.4) is 0 Å². The number of hydrogen-bond donors (Lipinski definition) is 1. The van der Waals surface area contributed by atoms with Crippen LogP contribution in [0.2, 0.25) is 0 Å². The van der Waals surface area contributed by atoms with Crippen LogP contribution in [0.5, 0.6) is 0 Å². The van der Waals surface area contributed by atoms with Crippen LogP contribution in [0.25, 0.3) is 0 Å². The standard InChI is InChI=1S/C6H11IO/c1-6(8)4-3-5-7-2/h4,8H,2-3,5H2,1H3/b6-4+. The van der Waals surface area contributed by atoms with Crippen molar-refractivity contribution in [2.75, 3.05) is 4.43 Å². The van der Waals surface area contributed by atoms with Gasteiger partial charge in [0.05, 0.1) is 5.76 Å². The molecule has 0 spiro atoms. The molecule has 0 atom stereocenters. The molecule has 0 fully saturated rings. The van der Waals surface area contributed by atoms with Crippen molar-refractivity contribution in [3.05, 3.63) is 11.8 Å². The molecule has 0 aromatic heterocycles. The maximum absolute atomic E-state index is 8.63. The van der Waals surface area contributed by atoms with E-state index in [0.29, 0.717) is 5.76 Å². The van der Waals surface area contributed by atoms with E-state index in [0.717, 1.165) is 6.42 Å². The zero-order valence-electron chi connectivity index (χ0n) is 5.02. The van der Waals surface area contributed by atoms with Crippen molar-refractivity contribution in [3.63, 3.8) is 0 Å². The van der Waals surface area contributed by atoms with Crippen molar-refractivity contribution in [2.24, 2.45) is 0 Å². The summed E-state index contributed by atoms with van der Waals surface area (Å²) in [5.41, 5.74) is 0. The summed E-state index contributed by atoms with van der Waals surface area (Å²) in [5.74, 6) is 0.433. The summed E-state index contributed by atoms with van der Waals surface area (Å²) >= 11 is 0.170. The minimum absolute atomic E-state index is 0.170. The van der Waals surface area contributed by atoms with Gasteiger partial charge in [-0.05, 0) is 23.8 Å². The fourth-order valence-electron chi connectivity index (χ4n) is 0.341. The molecule has 0 aliphatic heterocycles. The van der Waals surface area contributed by atoms with Gasteiger partial charge in [-0.25, -0.2) is 0 Å². The normalized spacial score (nSPS) is 11.9. The second-order valence-electron chi connectivity index (χ2n) is 1.51. The topological polar surface area (TPSA) is 20.2 Å². The van der Waals surface area contributed by atoms with E-state index in [2.05, 4.69) is 4.51 Å². The number of allylic oxidation sites excluding steroid dienone is 2. The average Bonchev–Trinajstić information content (AvgIpc) is 1.66. The molecular formula is C6H11IO. The Morgan fingerprint density at radius 2 is 2.50 bits per heavy atom. The molecule has 0 aliphatic rings. The SMILES string of the molecule is C=ICC/C=C(\C)O. The third kappa shape index (κ3) is 6.14. The zero-order chi connectivity index (χ0) is 6.41. The fourth-order valence-corrected chi connectivity index (χ4v) is 1.09. The Labute approximate surface area is 60.2 Å². The third-order valence-corrected chi connectivity index (χ3v) is 2.07. The minimum atomic E-state index is 0.170. The summed E-state index contributed by atoms with van der Waals surface area (Å²) in [7, 11) is 0. The predicted molar refractivity (Wildman–Crippen MR) is 47.0 cm³/mol. The molecule has 0 amide bonds. The number of alkyl halides is 1. The van der Waals surface area contributed by atoms with Gasteiger partial charge in [-0.3, -0.25) is 0 Å². The predicted octanol–water partition coefficient (Wildman–Crippen LogP) is 2.24. The highest BCUT2D eigenvalue weighted by Crippen LogP contribution is 1.97. The minimum Gasteiger partial charge on any atom is -0.513 e. The van der Waals surface area contributed by atoms with Crippen LogP contribution in [-0.2, 0) is 0 Å². The molecule has 8 heavy (non-hydrogen) atoms. The summed E-state index contributed by atoms with van der Waals surface area (Å²) < 4.78 is 4.96. The second kappa shape index (κ2) is 5.28. The Hall–Kier alpha value is 0.140. The van der Waals surface area contributed by atoms with Crippen LogP contribution in [0, 0.1) is 0 Å². The monoisotopic (exact) mass is 226 g/mol. The number of halogens is 1. The Balaban J connectivity index is 3.15. The van der Waals surface area contributed by atoms with Gasteiger partial charge in [-0.2, -0.15) is 0 Å². The number of hydrogen-bond acceptors (Lipinski definition) is 1. The quantitative estimate of drug-likeness (QED) is 0.338. The molecule has 0 radical (unpaired) electrons. The summed E-state index contributed by atoms with van der Waals surface area (Å²) in [4.78, 5) is 0. The number of aliphatic hydroxyl groups is 1. The van der Waals surface area contributed by atoms with Crippen LogP contribution >= 0.6 is 20.7 Å². The van der Waals surface area contributed by atoms with E-state index in [1.165, 1.54) is 4.43 Å². The van der Waals surface area contributed by atoms with Crippen molar-refractivity contribution in [1.29, 1.82) is 0 Å². The Morgan fingerprint density at radius 3 is 2.88 bits per heavy atom. The second-order valence-corrected chi connectivity index (χ2v) is 3.67.